The summed E-state index contributed by atoms with van der Waals surface area (Å²) in [7, 11) is 0. The first-order valence-corrected chi connectivity index (χ1v) is 10.2. The van der Waals surface area contributed by atoms with Crippen LogP contribution in [0.25, 0.3) is 0 Å². The largest absolute Gasteiger partial charge is 0.289 e. The molecule has 0 bridgehead atoms. The molecule has 0 aliphatic carbocycles. The van der Waals surface area contributed by atoms with Crippen molar-refractivity contribution in [3.8, 4) is 0 Å². The first-order chi connectivity index (χ1) is 11.3. The summed E-state index contributed by atoms with van der Waals surface area (Å²) in [5.74, 6) is -0.237. The van der Waals surface area contributed by atoms with Crippen LogP contribution in [0.4, 0.5) is 0 Å². The van der Waals surface area contributed by atoms with E-state index in [4.69, 9.17) is 5.21 Å². The Morgan fingerprint density at radius 2 is 1.13 bits per heavy atom. The van der Waals surface area contributed by atoms with Gasteiger partial charge in [-0.15, -0.1) is 0 Å². The van der Waals surface area contributed by atoms with Crippen LogP contribution in [-0.2, 0) is 4.79 Å². The van der Waals surface area contributed by atoms with Gasteiger partial charge in [0.2, 0.25) is 5.91 Å². The molecule has 0 radical (unpaired) electrons. The Morgan fingerprint density at radius 1 is 0.739 bits per heavy atom. The van der Waals surface area contributed by atoms with Crippen molar-refractivity contribution in [2.75, 3.05) is 0 Å². The third-order valence-corrected chi connectivity index (χ3v) is 4.88. The summed E-state index contributed by atoms with van der Waals surface area (Å²) in [4.78, 5) is 11.3. The van der Waals surface area contributed by atoms with E-state index >= 15 is 0 Å². The van der Waals surface area contributed by atoms with Gasteiger partial charge in [0.15, 0.2) is 0 Å². The predicted octanol–water partition coefficient (Wildman–Crippen LogP) is 6.39. The van der Waals surface area contributed by atoms with Crippen molar-refractivity contribution in [1.82, 2.24) is 5.48 Å². The first kappa shape index (κ1) is 22.4. The van der Waals surface area contributed by atoms with Gasteiger partial charge in [-0.2, -0.15) is 0 Å². The number of hydrogen-bond donors (Lipinski definition) is 2. The van der Waals surface area contributed by atoms with Crippen molar-refractivity contribution in [2.24, 2.45) is 5.92 Å². The highest BCUT2D eigenvalue weighted by Gasteiger charge is 2.14. The van der Waals surface area contributed by atoms with Crippen LogP contribution < -0.4 is 5.48 Å². The number of amides is 1. The van der Waals surface area contributed by atoms with Crippen LogP contribution in [0.15, 0.2) is 0 Å². The van der Waals surface area contributed by atoms with Crippen molar-refractivity contribution in [3.63, 3.8) is 0 Å². The van der Waals surface area contributed by atoms with Gasteiger partial charge in [-0.25, -0.2) is 5.48 Å². The second-order valence-electron chi connectivity index (χ2n) is 6.97. The van der Waals surface area contributed by atoms with Gasteiger partial charge in [-0.05, 0) is 12.8 Å². The molecule has 138 valence electrons. The average molecular weight is 328 g/mol. The average Bonchev–Trinajstić information content (AvgIpc) is 2.58. The van der Waals surface area contributed by atoms with Crippen molar-refractivity contribution < 1.29 is 10.0 Å². The number of hydrogen-bond acceptors (Lipinski definition) is 2. The third-order valence-electron chi connectivity index (χ3n) is 4.88. The Morgan fingerprint density at radius 3 is 1.48 bits per heavy atom. The molecule has 0 aromatic heterocycles. The number of nitrogens with one attached hydrogen (secondary N) is 1. The van der Waals surface area contributed by atoms with E-state index in [9.17, 15) is 4.79 Å². The summed E-state index contributed by atoms with van der Waals surface area (Å²) < 4.78 is 0. The molecule has 0 heterocycles. The molecule has 1 unspecified atom stereocenters. The summed E-state index contributed by atoms with van der Waals surface area (Å²) in [5.41, 5.74) is 1.78. The highest BCUT2D eigenvalue weighted by atomic mass is 16.5. The van der Waals surface area contributed by atoms with Crippen LogP contribution in [0.1, 0.15) is 117 Å². The van der Waals surface area contributed by atoms with E-state index < -0.39 is 0 Å². The third kappa shape index (κ3) is 14.7. The van der Waals surface area contributed by atoms with E-state index in [0.717, 1.165) is 19.3 Å². The number of carbonyl (C=O) groups is 1. The maximum atomic E-state index is 11.3. The molecule has 23 heavy (non-hydrogen) atoms. The quantitative estimate of drug-likeness (QED) is 0.185. The second-order valence-corrected chi connectivity index (χ2v) is 6.97. The molecule has 0 spiro atoms. The minimum absolute atomic E-state index is 0.0164. The monoisotopic (exact) mass is 327 g/mol. The van der Waals surface area contributed by atoms with E-state index in [2.05, 4.69) is 6.92 Å². The van der Waals surface area contributed by atoms with Gasteiger partial charge in [0.1, 0.15) is 0 Å². The van der Waals surface area contributed by atoms with Crippen LogP contribution in [0, 0.1) is 5.92 Å². The topological polar surface area (TPSA) is 49.3 Å². The predicted molar refractivity (Wildman–Crippen MR) is 98.6 cm³/mol. The van der Waals surface area contributed by atoms with E-state index in [1.54, 1.807) is 5.48 Å². The van der Waals surface area contributed by atoms with Gasteiger partial charge in [0.05, 0.1) is 0 Å². The molecular formula is C20H41NO2. The second kappa shape index (κ2) is 17.8. The molecule has 0 fully saturated rings. The Bertz CT molecular complexity index is 256. The molecular weight excluding hydrogens is 286 g/mol. The Balaban J connectivity index is 3.20. The molecule has 0 aliphatic rings. The van der Waals surface area contributed by atoms with Crippen LogP contribution in [0.5, 0.6) is 0 Å². The van der Waals surface area contributed by atoms with E-state index in [1.165, 1.54) is 83.5 Å². The Labute approximate surface area is 144 Å². The smallest absolute Gasteiger partial charge is 0.246 e. The van der Waals surface area contributed by atoms with Crippen molar-refractivity contribution in [2.45, 2.75) is 117 Å². The summed E-state index contributed by atoms with van der Waals surface area (Å²) in [5, 5.41) is 8.65. The summed E-state index contributed by atoms with van der Waals surface area (Å²) in [6.45, 7) is 4.28. The molecule has 3 nitrogen and oxygen atoms in total. The molecule has 1 amide bonds. The lowest BCUT2D eigenvalue weighted by Crippen LogP contribution is -2.27. The molecule has 0 aromatic rings. The fourth-order valence-electron chi connectivity index (χ4n) is 3.20. The number of hydroxylamine groups is 1. The minimum Gasteiger partial charge on any atom is -0.289 e. The van der Waals surface area contributed by atoms with Gasteiger partial charge in [0.25, 0.3) is 0 Å². The highest BCUT2D eigenvalue weighted by molar-refractivity contribution is 5.77. The molecule has 0 saturated heterocycles. The summed E-state index contributed by atoms with van der Waals surface area (Å²) >= 11 is 0. The molecule has 0 aliphatic heterocycles. The summed E-state index contributed by atoms with van der Waals surface area (Å²) in [6, 6.07) is 0. The maximum absolute atomic E-state index is 11.3. The normalized spacial score (nSPS) is 12.3. The van der Waals surface area contributed by atoms with E-state index in [1.807, 2.05) is 6.92 Å². The van der Waals surface area contributed by atoms with Crippen molar-refractivity contribution >= 4 is 5.91 Å². The zero-order chi connectivity index (χ0) is 17.2. The molecule has 0 aromatic carbocycles. The zero-order valence-corrected chi connectivity index (χ0v) is 15.7. The minimum atomic E-state index is -0.220. The van der Waals surface area contributed by atoms with Crippen LogP contribution in [-0.4, -0.2) is 11.1 Å². The standard InChI is InChI=1S/C20H41NO2/c1-3-5-6-7-8-9-10-11-12-13-14-15-16-17-18-19(4-2)20(22)21-23/h19,23H,3-18H2,1-2H3,(H,21,22). The fourth-order valence-corrected chi connectivity index (χ4v) is 3.20. The van der Waals surface area contributed by atoms with Gasteiger partial charge in [-0.3, -0.25) is 10.0 Å². The SMILES string of the molecule is CCCCCCCCCCCCCCCCC(CC)C(=O)NO. The molecule has 0 saturated carbocycles. The summed E-state index contributed by atoms with van der Waals surface area (Å²) in [6.07, 6.45) is 20.7. The molecule has 2 N–H and O–H groups in total. The van der Waals surface area contributed by atoms with Crippen molar-refractivity contribution in [1.29, 1.82) is 0 Å². The number of carbonyl (C=O) groups excluding carboxylic acids is 1. The van der Waals surface area contributed by atoms with E-state index in [-0.39, 0.29) is 11.8 Å². The number of rotatable bonds is 17. The fraction of sp³-hybridized carbons (Fsp3) is 0.950. The van der Waals surface area contributed by atoms with Crippen molar-refractivity contribution in [3.05, 3.63) is 0 Å². The lowest BCUT2D eigenvalue weighted by molar-refractivity contribution is -0.133. The number of unbranched alkanes of at least 4 members (excludes halogenated alkanes) is 13. The molecule has 0 rings (SSSR count). The van der Waals surface area contributed by atoms with Crippen LogP contribution in [0.2, 0.25) is 0 Å². The van der Waals surface area contributed by atoms with Gasteiger partial charge in [0, 0.05) is 5.92 Å². The molecule has 1 atom stereocenters. The Kier molecular flexibility index (Phi) is 17.3. The maximum Gasteiger partial charge on any atom is 0.246 e. The lowest BCUT2D eigenvalue weighted by Gasteiger charge is -2.11. The van der Waals surface area contributed by atoms with Gasteiger partial charge in [-0.1, -0.05) is 104 Å². The lowest BCUT2D eigenvalue weighted by atomic mass is 9.97. The Hall–Kier alpha value is -0.570. The van der Waals surface area contributed by atoms with Crippen LogP contribution in [0.3, 0.4) is 0 Å². The molecule has 3 heteroatoms. The van der Waals surface area contributed by atoms with E-state index in [0.29, 0.717) is 0 Å². The van der Waals surface area contributed by atoms with Crippen LogP contribution >= 0.6 is 0 Å². The first-order valence-electron chi connectivity index (χ1n) is 10.2. The van der Waals surface area contributed by atoms with Gasteiger partial charge >= 0.3 is 0 Å². The zero-order valence-electron chi connectivity index (χ0n) is 15.7. The van der Waals surface area contributed by atoms with Gasteiger partial charge < -0.3 is 0 Å². The highest BCUT2D eigenvalue weighted by Crippen LogP contribution is 2.16.